The molecule has 0 saturated carbocycles. The molecule has 1 atom stereocenters. The first-order chi connectivity index (χ1) is 8.45. The van der Waals surface area contributed by atoms with Crippen LogP contribution in [0.2, 0.25) is 0 Å². The molecule has 0 fully saturated rings. The zero-order valence-corrected chi connectivity index (χ0v) is 11.4. The minimum absolute atomic E-state index is 0.310. The predicted molar refractivity (Wildman–Crippen MR) is 70.1 cm³/mol. The fourth-order valence-corrected chi connectivity index (χ4v) is 2.59. The fourth-order valence-electron chi connectivity index (χ4n) is 1.71. The van der Waals surface area contributed by atoms with Crippen LogP contribution in [0.1, 0.15) is 26.0 Å². The molecule has 18 heavy (non-hydrogen) atoms. The van der Waals surface area contributed by atoms with Crippen LogP contribution in [0, 0.1) is 12.8 Å². The van der Waals surface area contributed by atoms with Gasteiger partial charge in [-0.2, -0.15) is 0 Å². The lowest BCUT2D eigenvalue weighted by Gasteiger charge is -2.15. The lowest BCUT2D eigenvalue weighted by Crippen LogP contribution is -2.30. The number of aliphatic carboxylic acids is 1. The van der Waals surface area contributed by atoms with Crippen molar-refractivity contribution in [2.75, 3.05) is 5.32 Å². The Morgan fingerprint density at radius 2 is 2.33 bits per heavy atom. The van der Waals surface area contributed by atoms with Crippen molar-refractivity contribution >= 4 is 27.4 Å². The number of rotatable bonds is 5. The highest BCUT2D eigenvalue weighted by Gasteiger charge is 2.20. The number of hydrogen-bond donors (Lipinski definition) is 2. The third-order valence-corrected chi connectivity index (χ3v) is 3.32. The van der Waals surface area contributed by atoms with E-state index in [1.165, 1.54) is 11.3 Å². The first-order valence-electron chi connectivity index (χ1n) is 5.78. The molecule has 0 unspecified atom stereocenters. The number of carboxylic acids is 1. The summed E-state index contributed by atoms with van der Waals surface area (Å²) in [5, 5.41) is 16.9. The second-order valence-corrected chi connectivity index (χ2v) is 5.64. The average molecular weight is 268 g/mol. The van der Waals surface area contributed by atoms with Crippen LogP contribution in [0.5, 0.6) is 0 Å². The van der Waals surface area contributed by atoms with E-state index in [0.29, 0.717) is 17.5 Å². The number of nitrogens with one attached hydrogen (secondary N) is 1. The maximum atomic E-state index is 11.1. The third-order valence-electron chi connectivity index (χ3n) is 2.47. The van der Waals surface area contributed by atoms with E-state index in [0.717, 1.165) is 10.7 Å². The number of fused-ring (bicyclic) bond motifs is 1. The first-order valence-corrected chi connectivity index (χ1v) is 6.59. The van der Waals surface area contributed by atoms with Crippen molar-refractivity contribution in [1.29, 1.82) is 0 Å². The van der Waals surface area contributed by atoms with Crippen LogP contribution in [0.3, 0.4) is 0 Å². The van der Waals surface area contributed by atoms with Crippen molar-refractivity contribution in [3.8, 4) is 0 Å². The molecule has 0 spiro atoms. The third kappa shape index (κ3) is 2.79. The molecule has 0 aliphatic carbocycles. The van der Waals surface area contributed by atoms with E-state index in [9.17, 15) is 4.79 Å². The summed E-state index contributed by atoms with van der Waals surface area (Å²) >= 11 is 1.36. The highest BCUT2D eigenvalue weighted by Crippen LogP contribution is 2.21. The van der Waals surface area contributed by atoms with Gasteiger partial charge in [0.15, 0.2) is 0 Å². The molecule has 0 radical (unpaired) electrons. The van der Waals surface area contributed by atoms with Crippen molar-refractivity contribution < 1.29 is 9.90 Å². The number of anilines is 1. The number of nitrogens with zero attached hydrogens (tertiary/aromatic N) is 3. The van der Waals surface area contributed by atoms with Crippen LogP contribution in [-0.4, -0.2) is 31.7 Å². The molecule has 2 aromatic heterocycles. The maximum absolute atomic E-state index is 11.1. The van der Waals surface area contributed by atoms with E-state index in [2.05, 4.69) is 15.4 Å². The van der Waals surface area contributed by atoms with Gasteiger partial charge in [0.25, 0.3) is 0 Å². The number of hydrogen-bond acceptors (Lipinski definition) is 5. The van der Waals surface area contributed by atoms with Crippen molar-refractivity contribution in [3.63, 3.8) is 0 Å². The summed E-state index contributed by atoms with van der Waals surface area (Å²) in [6.45, 7) is 5.89. The average Bonchev–Trinajstić information content (AvgIpc) is 2.72. The minimum Gasteiger partial charge on any atom is -0.480 e. The summed E-state index contributed by atoms with van der Waals surface area (Å²) in [5.74, 6) is -0.544. The largest absolute Gasteiger partial charge is 0.480 e. The monoisotopic (exact) mass is 268 g/mol. The van der Waals surface area contributed by atoms with Gasteiger partial charge in [0.1, 0.15) is 6.04 Å². The normalized spacial score (nSPS) is 13.1. The number of carboxylic acid groups (broad SMARTS) is 1. The molecule has 2 rings (SSSR count). The van der Waals surface area contributed by atoms with Gasteiger partial charge in [0.2, 0.25) is 10.1 Å². The second-order valence-electron chi connectivity index (χ2n) is 4.68. The van der Waals surface area contributed by atoms with Crippen molar-refractivity contribution in [2.45, 2.75) is 33.2 Å². The van der Waals surface area contributed by atoms with Gasteiger partial charge in [-0.1, -0.05) is 25.2 Å². The van der Waals surface area contributed by atoms with E-state index in [1.54, 1.807) is 4.52 Å². The van der Waals surface area contributed by atoms with Gasteiger partial charge in [-0.25, -0.2) is 14.3 Å². The molecule has 2 N–H and O–H groups in total. The Labute approximate surface area is 109 Å². The molecule has 98 valence electrons. The van der Waals surface area contributed by atoms with Crippen molar-refractivity contribution in [3.05, 3.63) is 11.9 Å². The van der Waals surface area contributed by atoms with Gasteiger partial charge in [-0.05, 0) is 19.3 Å². The lowest BCUT2D eigenvalue weighted by atomic mass is 10.0. The van der Waals surface area contributed by atoms with Crippen LogP contribution in [-0.2, 0) is 4.79 Å². The minimum atomic E-state index is -0.854. The number of aryl methyl sites for hydroxylation is 1. The number of carbonyl (C=O) groups is 1. The zero-order chi connectivity index (χ0) is 13.3. The zero-order valence-electron chi connectivity index (χ0n) is 10.5. The standard InChI is InChI=1S/C11H16N4O2S/c1-6(2)4-8(9(16)17)13-10-14-15-5-7(3)12-11(15)18-10/h5-6,8H,4H2,1-3H3,(H,13,14)(H,16,17)/t8-/m0/s1. The number of imidazole rings is 1. The molecular formula is C11H16N4O2S. The SMILES string of the molecule is Cc1cn2nc(N[C@@H](CC(C)C)C(=O)O)sc2n1. The Kier molecular flexibility index (Phi) is 3.51. The molecule has 0 amide bonds. The van der Waals surface area contributed by atoms with Gasteiger partial charge in [-0.15, -0.1) is 5.10 Å². The molecule has 0 bridgehead atoms. The topological polar surface area (TPSA) is 79.5 Å². The molecule has 0 aromatic carbocycles. The van der Waals surface area contributed by atoms with Gasteiger partial charge in [-0.3, -0.25) is 0 Å². The van der Waals surface area contributed by atoms with Crippen molar-refractivity contribution in [1.82, 2.24) is 14.6 Å². The Balaban J connectivity index is 2.14. The maximum Gasteiger partial charge on any atom is 0.326 e. The molecule has 6 nitrogen and oxygen atoms in total. The van der Waals surface area contributed by atoms with Gasteiger partial charge >= 0.3 is 5.97 Å². The van der Waals surface area contributed by atoms with E-state index in [1.807, 2.05) is 27.0 Å². The van der Waals surface area contributed by atoms with Gasteiger partial charge in [0, 0.05) is 0 Å². The lowest BCUT2D eigenvalue weighted by molar-refractivity contribution is -0.138. The van der Waals surface area contributed by atoms with Crippen LogP contribution in [0.15, 0.2) is 6.20 Å². The molecule has 2 heterocycles. The van der Waals surface area contributed by atoms with Crippen LogP contribution in [0.25, 0.3) is 4.96 Å². The van der Waals surface area contributed by atoms with E-state index in [-0.39, 0.29) is 0 Å². The number of aromatic nitrogens is 3. The van der Waals surface area contributed by atoms with Crippen molar-refractivity contribution in [2.24, 2.45) is 5.92 Å². The predicted octanol–water partition coefficient (Wildman–Crippen LogP) is 2.01. The molecule has 0 aliphatic heterocycles. The fraction of sp³-hybridized carbons (Fsp3) is 0.545. The summed E-state index contributed by atoms with van der Waals surface area (Å²) in [4.78, 5) is 16.2. The summed E-state index contributed by atoms with van der Waals surface area (Å²) in [6, 6.07) is -0.609. The first kappa shape index (κ1) is 12.8. The highest BCUT2D eigenvalue weighted by molar-refractivity contribution is 7.20. The Bertz CT molecular complexity index is 529. The van der Waals surface area contributed by atoms with Gasteiger partial charge < -0.3 is 10.4 Å². The summed E-state index contributed by atoms with van der Waals surface area (Å²) in [5.41, 5.74) is 0.900. The molecule has 7 heteroatoms. The highest BCUT2D eigenvalue weighted by atomic mass is 32.1. The quantitative estimate of drug-likeness (QED) is 0.867. The Morgan fingerprint density at radius 1 is 1.61 bits per heavy atom. The van der Waals surface area contributed by atoms with E-state index >= 15 is 0 Å². The second kappa shape index (κ2) is 4.93. The van der Waals surface area contributed by atoms with Crippen LogP contribution < -0.4 is 5.32 Å². The molecular weight excluding hydrogens is 252 g/mol. The molecule has 0 saturated heterocycles. The van der Waals surface area contributed by atoms with E-state index in [4.69, 9.17) is 5.11 Å². The van der Waals surface area contributed by atoms with Crippen LogP contribution >= 0.6 is 11.3 Å². The Morgan fingerprint density at radius 3 is 2.89 bits per heavy atom. The van der Waals surface area contributed by atoms with Gasteiger partial charge in [0.05, 0.1) is 11.9 Å². The van der Waals surface area contributed by atoms with E-state index < -0.39 is 12.0 Å². The van der Waals surface area contributed by atoms with Crippen LogP contribution in [0.4, 0.5) is 5.13 Å². The summed E-state index contributed by atoms with van der Waals surface area (Å²) in [7, 11) is 0. The Hall–Kier alpha value is -1.63. The smallest absolute Gasteiger partial charge is 0.326 e. The molecule has 0 aliphatic rings. The molecule has 2 aromatic rings. The summed E-state index contributed by atoms with van der Waals surface area (Å²) < 4.78 is 1.66. The summed E-state index contributed by atoms with van der Waals surface area (Å²) in [6.07, 6.45) is 2.38.